The summed E-state index contributed by atoms with van der Waals surface area (Å²) in [5.74, 6) is -5.49. The van der Waals surface area contributed by atoms with Gasteiger partial charge in [0, 0.05) is 61.0 Å². The Kier molecular flexibility index (Phi) is 14.0. The predicted molar refractivity (Wildman–Crippen MR) is 209 cm³/mol. The van der Waals surface area contributed by atoms with Crippen LogP contribution in [0.5, 0.6) is 5.75 Å². The Morgan fingerprint density at radius 3 is 2.38 bits per heavy atom. The molecule has 2 saturated heterocycles. The molecule has 2 aromatic carbocycles. The summed E-state index contributed by atoms with van der Waals surface area (Å²) < 4.78 is 94.4. The van der Waals surface area contributed by atoms with E-state index < -0.39 is 52.8 Å². The van der Waals surface area contributed by atoms with E-state index in [0.717, 1.165) is 79.2 Å². The number of morpholine rings is 1. The molecule has 1 atom stereocenters. The molecule has 2 N–H and O–H groups in total. The molecule has 0 aliphatic carbocycles. The zero-order valence-electron chi connectivity index (χ0n) is 32.9. The molecule has 324 valence electrons. The van der Waals surface area contributed by atoms with Crippen molar-refractivity contribution in [2.24, 2.45) is 0 Å². The number of nitrogens with zero attached hydrogens (tertiary/aromatic N) is 3. The highest BCUT2D eigenvalue weighted by Gasteiger charge is 2.44. The summed E-state index contributed by atoms with van der Waals surface area (Å²) in [4.78, 5) is 60.2. The van der Waals surface area contributed by atoms with Crippen molar-refractivity contribution in [3.05, 3.63) is 91.7 Å². The molecule has 60 heavy (non-hydrogen) atoms. The number of fused-ring (bicyclic) bond motifs is 1. The Balaban J connectivity index is 1.05. The van der Waals surface area contributed by atoms with E-state index in [4.69, 9.17) is 9.47 Å². The molecule has 0 unspecified atom stereocenters. The van der Waals surface area contributed by atoms with Crippen LogP contribution < -0.4 is 15.6 Å². The molecule has 1 amide bonds. The van der Waals surface area contributed by atoms with Crippen molar-refractivity contribution < 1.29 is 54.9 Å². The molecule has 6 rings (SSSR count). The van der Waals surface area contributed by atoms with Gasteiger partial charge in [0.2, 0.25) is 5.56 Å². The van der Waals surface area contributed by atoms with Crippen LogP contribution in [0.25, 0.3) is 10.9 Å². The maximum Gasteiger partial charge on any atom is 0.491 e. The van der Waals surface area contributed by atoms with Gasteiger partial charge in [0.15, 0.2) is 5.75 Å². The van der Waals surface area contributed by atoms with Gasteiger partial charge in [-0.05, 0) is 61.9 Å². The molecule has 2 aromatic heterocycles. The third-order valence-electron chi connectivity index (χ3n) is 10.8. The monoisotopic (exact) mass is 865 g/mol. The van der Waals surface area contributed by atoms with Crippen LogP contribution >= 0.6 is 11.3 Å². The topological polar surface area (TPSA) is 143 Å². The van der Waals surface area contributed by atoms with Crippen molar-refractivity contribution in [3.63, 3.8) is 0 Å². The molecule has 2 aliphatic rings. The number of carbonyl (C=O) groups excluding carboxylic acids is 3. The average molecular weight is 866 g/mol. The summed E-state index contributed by atoms with van der Waals surface area (Å²) in [6.45, 7) is 7.81. The second-order valence-corrected chi connectivity index (χ2v) is 15.8. The fraction of sp³-hybridized carbons (Fsp3) is 0.488. The summed E-state index contributed by atoms with van der Waals surface area (Å²) >= 11 is 1.54. The van der Waals surface area contributed by atoms with Crippen LogP contribution in [-0.2, 0) is 32.0 Å². The molecule has 2 aliphatic heterocycles. The number of esters is 2. The maximum atomic E-state index is 13.5. The van der Waals surface area contributed by atoms with Crippen LogP contribution in [-0.4, -0.2) is 101 Å². The third kappa shape index (κ3) is 10.9. The standard InChI is InChI=1S/C41H45F6N5O7S/c1-3-27(4-2)35-49-30(23-60-35)36(54)52-18-19-57-39(24-52)13-16-51(17-14-39)22-26-7-5-6-25(20-26)12-15-48-21-32(59-38(56)41(45,46)47)28-8-10-31(58-37(55)40(42,43)44)34-29(28)9-11-33(53)50-34/h5-11,20,23,27,32,48H,3-4,12-19,21-22,24H2,1-2H3,(H,50,53)/t32-/m0/s1. The number of rotatable bonds is 14. The van der Waals surface area contributed by atoms with Gasteiger partial charge in [-0.2, -0.15) is 26.3 Å². The molecule has 19 heteroatoms. The Morgan fingerprint density at radius 1 is 0.967 bits per heavy atom. The lowest BCUT2D eigenvalue weighted by molar-refractivity contribution is -0.205. The number of hydrogen-bond acceptors (Lipinski definition) is 11. The third-order valence-corrected chi connectivity index (χ3v) is 11.9. The Bertz CT molecular complexity index is 2220. The first kappa shape index (κ1) is 44.7. The van der Waals surface area contributed by atoms with Gasteiger partial charge in [-0.25, -0.2) is 14.6 Å². The zero-order chi connectivity index (χ0) is 43.2. The molecule has 0 bridgehead atoms. The minimum atomic E-state index is -5.37. The van der Waals surface area contributed by atoms with Crippen molar-refractivity contribution in [1.82, 2.24) is 25.1 Å². The van der Waals surface area contributed by atoms with Crippen molar-refractivity contribution >= 4 is 40.1 Å². The van der Waals surface area contributed by atoms with Gasteiger partial charge >= 0.3 is 24.3 Å². The predicted octanol–water partition coefficient (Wildman–Crippen LogP) is 6.84. The minimum absolute atomic E-state index is 0.0606. The minimum Gasteiger partial charge on any atom is -0.449 e. The van der Waals surface area contributed by atoms with Gasteiger partial charge in [-0.1, -0.05) is 44.2 Å². The summed E-state index contributed by atoms with van der Waals surface area (Å²) in [5.41, 5.74) is 0.743. The summed E-state index contributed by atoms with van der Waals surface area (Å²) in [6, 6.07) is 11.8. The van der Waals surface area contributed by atoms with E-state index in [0.29, 0.717) is 44.3 Å². The highest BCUT2D eigenvalue weighted by atomic mass is 32.1. The average Bonchev–Trinajstić information content (AvgIpc) is 3.70. The number of thiazole rings is 1. The van der Waals surface area contributed by atoms with Gasteiger partial charge in [-0.3, -0.25) is 14.5 Å². The Morgan fingerprint density at radius 2 is 1.68 bits per heavy atom. The number of pyridine rings is 1. The first-order valence-electron chi connectivity index (χ1n) is 19.6. The zero-order valence-corrected chi connectivity index (χ0v) is 33.7. The number of alkyl halides is 6. The van der Waals surface area contributed by atoms with Crippen molar-refractivity contribution in [1.29, 1.82) is 0 Å². The van der Waals surface area contributed by atoms with Crippen LogP contribution in [0.4, 0.5) is 26.3 Å². The van der Waals surface area contributed by atoms with Gasteiger partial charge in [0.25, 0.3) is 5.91 Å². The van der Waals surface area contributed by atoms with Gasteiger partial charge in [-0.15, -0.1) is 11.3 Å². The highest BCUT2D eigenvalue weighted by molar-refractivity contribution is 7.09. The molecule has 12 nitrogen and oxygen atoms in total. The van der Waals surface area contributed by atoms with Crippen molar-refractivity contribution in [2.75, 3.05) is 45.9 Å². The van der Waals surface area contributed by atoms with Crippen LogP contribution in [0, 0.1) is 0 Å². The largest absolute Gasteiger partial charge is 0.491 e. The summed E-state index contributed by atoms with van der Waals surface area (Å²) in [6.07, 6.45) is -8.46. The number of likely N-dealkylation sites (tertiary alicyclic amines) is 1. The van der Waals surface area contributed by atoms with Gasteiger partial charge in [0.05, 0.1) is 29.3 Å². The van der Waals surface area contributed by atoms with Crippen LogP contribution in [0.15, 0.2) is 58.7 Å². The molecular formula is C41H45F6N5O7S. The SMILES string of the molecule is CCC(CC)c1nc(C(=O)N2CCOC3(CCN(Cc4cccc(CCNC[C@H](OC(=O)C(F)(F)F)c5ccc(OC(=O)C(F)(F)F)c6[nH]c(=O)ccc56)c4)CC3)C2)cs1. The van der Waals surface area contributed by atoms with E-state index in [1.54, 1.807) is 11.3 Å². The molecule has 0 saturated carbocycles. The Hall–Kier alpha value is -4.85. The summed E-state index contributed by atoms with van der Waals surface area (Å²) in [5, 5.41) is 5.75. The number of hydrogen-bond donors (Lipinski definition) is 2. The number of benzene rings is 2. The van der Waals surface area contributed by atoms with Gasteiger partial charge in [0.1, 0.15) is 11.8 Å². The van der Waals surface area contributed by atoms with Crippen molar-refractivity contribution in [2.45, 2.75) is 82.5 Å². The number of piperidine rings is 1. The molecule has 4 heterocycles. The second kappa shape index (κ2) is 18.8. The van der Waals surface area contributed by atoms with E-state index >= 15 is 0 Å². The first-order valence-corrected chi connectivity index (χ1v) is 20.5. The highest BCUT2D eigenvalue weighted by Crippen LogP contribution is 2.35. The number of carbonyl (C=O) groups is 3. The van der Waals surface area contributed by atoms with E-state index in [1.807, 2.05) is 34.5 Å². The smallest absolute Gasteiger partial charge is 0.449 e. The number of aromatic amines is 1. The number of H-pyrrole nitrogens is 1. The van der Waals surface area contributed by atoms with Crippen LogP contribution in [0.1, 0.15) is 83.7 Å². The number of ether oxygens (including phenoxy) is 3. The summed E-state index contributed by atoms with van der Waals surface area (Å²) in [7, 11) is 0. The number of amides is 1. The van der Waals surface area contributed by atoms with E-state index in [1.165, 1.54) is 0 Å². The van der Waals surface area contributed by atoms with Crippen LogP contribution in [0.2, 0.25) is 0 Å². The maximum absolute atomic E-state index is 13.5. The Labute approximate surface area is 345 Å². The van der Waals surface area contributed by atoms with Crippen LogP contribution in [0.3, 0.4) is 0 Å². The second-order valence-electron chi connectivity index (χ2n) is 14.9. The lowest BCUT2D eigenvalue weighted by atomic mass is 9.89. The fourth-order valence-corrected chi connectivity index (χ4v) is 8.67. The quantitative estimate of drug-likeness (QED) is 0.0599. The number of aromatic nitrogens is 2. The fourth-order valence-electron chi connectivity index (χ4n) is 7.60. The number of halogens is 6. The van der Waals surface area contributed by atoms with E-state index in [2.05, 4.69) is 38.8 Å². The molecule has 4 aromatic rings. The van der Waals surface area contributed by atoms with Gasteiger partial charge < -0.3 is 29.4 Å². The van der Waals surface area contributed by atoms with Crippen molar-refractivity contribution in [3.8, 4) is 5.75 Å². The lowest BCUT2D eigenvalue weighted by Crippen LogP contribution is -2.58. The van der Waals surface area contributed by atoms with E-state index in [9.17, 15) is 45.5 Å². The first-order chi connectivity index (χ1) is 28.5. The molecular weight excluding hydrogens is 821 g/mol. The molecule has 0 radical (unpaired) electrons. The molecule has 2 fully saturated rings. The number of nitrogens with one attached hydrogen (secondary N) is 2. The molecule has 1 spiro atoms. The normalized spacial score (nSPS) is 16.6. The lowest BCUT2D eigenvalue weighted by Gasteiger charge is -2.47. The van der Waals surface area contributed by atoms with E-state index in [-0.39, 0.29) is 29.9 Å².